The van der Waals surface area contributed by atoms with Crippen molar-refractivity contribution in [3.8, 4) is 0 Å². The number of amides is 2. The minimum atomic E-state index is -4.50. The summed E-state index contributed by atoms with van der Waals surface area (Å²) in [5.74, 6) is 0. The topological polar surface area (TPSA) is 41.1 Å². The van der Waals surface area contributed by atoms with E-state index < -0.39 is 29.5 Å². The molecule has 0 heterocycles. The lowest BCUT2D eigenvalue weighted by molar-refractivity contribution is -0.138. The van der Waals surface area contributed by atoms with Gasteiger partial charge in [-0.1, -0.05) is 12.1 Å². The van der Waals surface area contributed by atoms with Crippen LogP contribution in [0, 0.1) is 0 Å². The van der Waals surface area contributed by atoms with Crippen molar-refractivity contribution >= 4 is 29.9 Å². The van der Waals surface area contributed by atoms with Crippen molar-refractivity contribution in [3.05, 3.63) is 59.7 Å². The smallest absolute Gasteiger partial charge is 0.277 e. The summed E-state index contributed by atoms with van der Waals surface area (Å²) in [5, 5.41) is 0. The first kappa shape index (κ1) is 20.3. The molecule has 0 fully saturated rings. The Morgan fingerprint density at radius 3 is 1.46 bits per heavy atom. The molecule has 0 bridgehead atoms. The third-order valence-electron chi connectivity index (χ3n) is 2.85. The molecule has 0 radical (unpaired) electrons. The second-order valence-electron chi connectivity index (χ2n) is 4.79. The summed E-state index contributed by atoms with van der Waals surface area (Å²) >= 11 is 1.29. The zero-order valence-electron chi connectivity index (χ0n) is 12.6. The Labute approximate surface area is 152 Å². The number of benzene rings is 2. The number of alkyl halides is 6. The van der Waals surface area contributed by atoms with Gasteiger partial charge in [0.05, 0.1) is 11.1 Å². The van der Waals surface area contributed by atoms with Crippen LogP contribution in [-0.4, -0.2) is 6.03 Å². The van der Waals surface area contributed by atoms with Gasteiger partial charge < -0.3 is 0 Å². The van der Waals surface area contributed by atoms with E-state index in [1.807, 2.05) is 0 Å². The predicted octanol–water partition coefficient (Wildman–Crippen LogP) is 5.74. The number of hydrogen-bond acceptors (Lipinski definition) is 3. The maximum Gasteiger partial charge on any atom is 0.416 e. The fraction of sp³-hybridized carbons (Fsp3) is 0.133. The molecule has 2 N–H and O–H groups in total. The van der Waals surface area contributed by atoms with Crippen LogP contribution in [0.2, 0.25) is 0 Å². The molecule has 0 saturated heterocycles. The number of nitrogens with one attached hydrogen (secondary N) is 2. The fourth-order valence-electron chi connectivity index (χ4n) is 1.70. The molecule has 2 amide bonds. The van der Waals surface area contributed by atoms with Crippen LogP contribution in [0.15, 0.2) is 58.3 Å². The average molecular weight is 412 g/mol. The van der Waals surface area contributed by atoms with Crippen LogP contribution in [0.4, 0.5) is 31.1 Å². The van der Waals surface area contributed by atoms with Gasteiger partial charge in [0.15, 0.2) is 0 Å². The average Bonchev–Trinajstić information content (AvgIpc) is 2.57. The maximum absolute atomic E-state index is 12.6. The number of urea groups is 1. The highest BCUT2D eigenvalue weighted by Gasteiger charge is 2.31. The van der Waals surface area contributed by atoms with E-state index in [2.05, 4.69) is 9.44 Å². The third-order valence-corrected chi connectivity index (χ3v) is 4.40. The van der Waals surface area contributed by atoms with Crippen LogP contribution in [0.5, 0.6) is 0 Å². The molecule has 0 aromatic heterocycles. The van der Waals surface area contributed by atoms with Gasteiger partial charge in [0.1, 0.15) is 0 Å². The lowest BCUT2D eigenvalue weighted by Crippen LogP contribution is -2.25. The lowest BCUT2D eigenvalue weighted by atomic mass is 10.2. The lowest BCUT2D eigenvalue weighted by Gasteiger charge is -2.10. The van der Waals surface area contributed by atoms with Crippen LogP contribution < -0.4 is 9.44 Å². The van der Waals surface area contributed by atoms with Crippen molar-refractivity contribution in [3.63, 3.8) is 0 Å². The molecule has 0 spiro atoms. The van der Waals surface area contributed by atoms with Crippen molar-refractivity contribution in [2.45, 2.75) is 22.1 Å². The van der Waals surface area contributed by atoms with E-state index in [0.717, 1.165) is 24.3 Å². The van der Waals surface area contributed by atoms with E-state index >= 15 is 0 Å². The molecule has 0 aliphatic heterocycles. The first-order chi connectivity index (χ1) is 12.1. The first-order valence-corrected chi connectivity index (χ1v) is 8.43. The quantitative estimate of drug-likeness (QED) is 0.497. The Hall–Kier alpha value is -2.01. The second-order valence-corrected chi connectivity index (χ2v) is 6.55. The highest BCUT2D eigenvalue weighted by atomic mass is 32.2. The highest BCUT2D eigenvalue weighted by molar-refractivity contribution is 7.99. The number of rotatable bonds is 4. The van der Waals surface area contributed by atoms with E-state index in [1.54, 1.807) is 0 Å². The third kappa shape index (κ3) is 6.06. The van der Waals surface area contributed by atoms with Crippen LogP contribution in [-0.2, 0) is 12.4 Å². The van der Waals surface area contributed by atoms with Gasteiger partial charge in [-0.05, 0) is 60.3 Å². The molecule has 11 heteroatoms. The summed E-state index contributed by atoms with van der Waals surface area (Å²) in [6, 6.07) is 7.89. The molecule has 2 aromatic carbocycles. The monoisotopic (exact) mass is 412 g/mol. The van der Waals surface area contributed by atoms with Crippen LogP contribution in [0.25, 0.3) is 0 Å². The summed E-state index contributed by atoms with van der Waals surface area (Å²) in [5.41, 5.74) is -1.72. The van der Waals surface area contributed by atoms with Crippen LogP contribution in [0.1, 0.15) is 11.1 Å². The van der Waals surface area contributed by atoms with Crippen molar-refractivity contribution in [2.24, 2.45) is 0 Å². The van der Waals surface area contributed by atoms with Gasteiger partial charge in [-0.2, -0.15) is 26.3 Å². The van der Waals surface area contributed by atoms with Gasteiger partial charge in [-0.3, -0.25) is 9.44 Å². The Bertz CT molecular complexity index is 716. The molecule has 26 heavy (non-hydrogen) atoms. The van der Waals surface area contributed by atoms with Crippen molar-refractivity contribution < 1.29 is 31.1 Å². The molecule has 3 nitrogen and oxygen atoms in total. The number of carbonyl (C=O) groups excluding carboxylic acids is 1. The number of hydrogen-bond donors (Lipinski definition) is 2. The normalized spacial score (nSPS) is 11.9. The van der Waals surface area contributed by atoms with Gasteiger partial charge in [0.25, 0.3) is 0 Å². The van der Waals surface area contributed by atoms with Crippen LogP contribution in [0.3, 0.4) is 0 Å². The van der Waals surface area contributed by atoms with Gasteiger partial charge in [-0.25, -0.2) is 4.79 Å². The zero-order valence-corrected chi connectivity index (χ0v) is 14.2. The first-order valence-electron chi connectivity index (χ1n) is 6.80. The van der Waals surface area contributed by atoms with Crippen molar-refractivity contribution in [1.29, 1.82) is 0 Å². The zero-order chi connectivity index (χ0) is 19.4. The summed E-state index contributed by atoms with van der Waals surface area (Å²) in [6.45, 7) is 0. The number of halogens is 6. The SMILES string of the molecule is O=C(NSc1cccc(C(F)(F)F)c1)NSc1cccc(C(F)(F)F)c1. The predicted molar refractivity (Wildman–Crippen MR) is 86.3 cm³/mol. The molecule has 0 atom stereocenters. The highest BCUT2D eigenvalue weighted by Crippen LogP contribution is 2.32. The summed E-state index contributed by atoms with van der Waals surface area (Å²) < 4.78 is 80.1. The Morgan fingerprint density at radius 2 is 1.12 bits per heavy atom. The van der Waals surface area contributed by atoms with Crippen molar-refractivity contribution in [1.82, 2.24) is 9.44 Å². The van der Waals surface area contributed by atoms with E-state index in [9.17, 15) is 31.1 Å². The Balaban J connectivity index is 1.88. The Morgan fingerprint density at radius 1 is 0.731 bits per heavy atom. The number of carbonyl (C=O) groups is 1. The summed E-state index contributed by atoms with van der Waals surface area (Å²) in [6.07, 6.45) is -9.00. The summed E-state index contributed by atoms with van der Waals surface area (Å²) in [7, 11) is 0. The molecule has 0 aliphatic carbocycles. The molecular weight excluding hydrogens is 402 g/mol. The van der Waals surface area contributed by atoms with Crippen molar-refractivity contribution in [2.75, 3.05) is 0 Å². The molecule has 2 aromatic rings. The molecule has 0 unspecified atom stereocenters. The standard InChI is InChI=1S/C15H10F6N2OS2/c16-14(17,18)9-3-1-5-11(7-9)25-22-13(24)23-26-12-6-2-4-10(8-12)15(19,20)21/h1-8H,(H2,22,23,24). The van der Waals surface area contributed by atoms with E-state index in [-0.39, 0.29) is 9.79 Å². The Kier molecular flexibility index (Phi) is 6.34. The molecule has 2 rings (SSSR count). The molecule has 0 aliphatic rings. The molecular formula is C15H10F6N2OS2. The maximum atomic E-state index is 12.6. The van der Waals surface area contributed by atoms with E-state index in [4.69, 9.17) is 0 Å². The van der Waals surface area contributed by atoms with Gasteiger partial charge in [0, 0.05) is 9.79 Å². The molecule has 140 valence electrons. The van der Waals surface area contributed by atoms with Gasteiger partial charge in [0.2, 0.25) is 0 Å². The minimum absolute atomic E-state index is 0.152. The largest absolute Gasteiger partial charge is 0.416 e. The second kappa shape index (κ2) is 8.12. The van der Waals surface area contributed by atoms with E-state index in [0.29, 0.717) is 23.9 Å². The minimum Gasteiger partial charge on any atom is -0.277 e. The van der Waals surface area contributed by atoms with Crippen LogP contribution >= 0.6 is 23.9 Å². The van der Waals surface area contributed by atoms with Gasteiger partial charge >= 0.3 is 18.4 Å². The van der Waals surface area contributed by atoms with E-state index in [1.165, 1.54) is 24.3 Å². The molecule has 0 saturated carbocycles. The van der Waals surface area contributed by atoms with Gasteiger partial charge in [-0.15, -0.1) is 0 Å². The summed E-state index contributed by atoms with van der Waals surface area (Å²) in [4.78, 5) is 11.9. The fourth-order valence-corrected chi connectivity index (χ4v) is 2.96.